The number of alkyl halides is 6. The number of thioether (sulfide) groups is 1. The Balaban J connectivity index is 2.03. The average molecular weight is 484 g/mol. The molecule has 0 N–H and O–H groups in total. The van der Waals surface area contributed by atoms with E-state index in [2.05, 4.69) is 9.97 Å². The topological polar surface area (TPSA) is 55.3 Å². The zero-order valence-corrected chi connectivity index (χ0v) is 17.1. The molecule has 0 atom stereocenters. The number of hydrogen-bond donors (Lipinski definition) is 0. The van der Waals surface area contributed by atoms with Crippen LogP contribution in [0.15, 0.2) is 35.7 Å². The third-order valence-electron chi connectivity index (χ3n) is 4.12. The molecule has 0 fully saturated rings. The van der Waals surface area contributed by atoms with Gasteiger partial charge in [-0.05, 0) is 36.1 Å². The molecular formula is C18H12ClF6N3O2S. The minimum absolute atomic E-state index is 0.0243. The Labute approximate surface area is 181 Å². The predicted octanol–water partition coefficient (Wildman–Crippen LogP) is 5.44. The summed E-state index contributed by atoms with van der Waals surface area (Å²) < 4.78 is 84.0. The van der Waals surface area contributed by atoms with Gasteiger partial charge in [0.1, 0.15) is 10.7 Å². The van der Waals surface area contributed by atoms with Gasteiger partial charge in [0.2, 0.25) is 5.88 Å². The van der Waals surface area contributed by atoms with Gasteiger partial charge < -0.3 is 9.64 Å². The van der Waals surface area contributed by atoms with Gasteiger partial charge in [0.15, 0.2) is 5.16 Å². The number of benzene rings is 1. The molecule has 0 bridgehead atoms. The number of ether oxygens (including phenoxy) is 1. The van der Waals surface area contributed by atoms with E-state index in [1.54, 1.807) is 6.26 Å². The van der Waals surface area contributed by atoms with Crippen molar-refractivity contribution in [3.8, 4) is 5.88 Å². The molecule has 31 heavy (non-hydrogen) atoms. The first-order valence-electron chi connectivity index (χ1n) is 8.41. The summed E-state index contributed by atoms with van der Waals surface area (Å²) in [6.07, 6.45) is -5.77. The zero-order chi connectivity index (χ0) is 23.0. The molecule has 0 unspecified atom stereocenters. The van der Waals surface area contributed by atoms with Gasteiger partial charge >= 0.3 is 12.4 Å². The van der Waals surface area contributed by atoms with Crippen LogP contribution in [0.4, 0.5) is 26.3 Å². The summed E-state index contributed by atoms with van der Waals surface area (Å²) in [4.78, 5) is 21.9. The molecule has 2 aromatic rings. The first-order valence-corrected chi connectivity index (χ1v) is 10.0. The Morgan fingerprint density at radius 2 is 1.71 bits per heavy atom. The summed E-state index contributed by atoms with van der Waals surface area (Å²) >= 11 is 7.20. The van der Waals surface area contributed by atoms with Crippen LogP contribution in [0, 0.1) is 0 Å². The van der Waals surface area contributed by atoms with Crippen LogP contribution >= 0.6 is 23.4 Å². The third kappa shape index (κ3) is 5.24. The Hall–Kier alpha value is -2.47. The predicted molar refractivity (Wildman–Crippen MR) is 99.8 cm³/mol. The standard InChI is InChI=1S/C18H12ClF6N3O2S/c1-31-16-26-13(19)12-14(27-16)30-4-2-3-28(15(12)29)8-9-5-10(17(20,21)22)7-11(6-9)18(23,24)25/h2,4-7H,3,8H2,1H3/b4-2-. The minimum Gasteiger partial charge on any atom is -0.446 e. The summed E-state index contributed by atoms with van der Waals surface area (Å²) in [5.74, 6) is -0.974. The van der Waals surface area contributed by atoms with Crippen molar-refractivity contribution in [2.75, 3.05) is 12.8 Å². The zero-order valence-electron chi connectivity index (χ0n) is 15.5. The van der Waals surface area contributed by atoms with Crippen molar-refractivity contribution < 1.29 is 35.9 Å². The lowest BCUT2D eigenvalue weighted by Gasteiger charge is -2.25. The van der Waals surface area contributed by atoms with Gasteiger partial charge in [-0.1, -0.05) is 23.4 Å². The highest BCUT2D eigenvalue weighted by Crippen LogP contribution is 2.37. The van der Waals surface area contributed by atoms with E-state index in [0.29, 0.717) is 12.1 Å². The molecule has 0 spiro atoms. The Kier molecular flexibility index (Phi) is 6.42. The van der Waals surface area contributed by atoms with Crippen molar-refractivity contribution in [3.63, 3.8) is 0 Å². The van der Waals surface area contributed by atoms with Crippen LogP contribution in [-0.2, 0) is 18.9 Å². The lowest BCUT2D eigenvalue weighted by atomic mass is 10.0. The third-order valence-corrected chi connectivity index (χ3v) is 4.94. The Bertz CT molecular complexity index is 1010. The number of amides is 1. The smallest absolute Gasteiger partial charge is 0.416 e. The molecule has 0 aliphatic carbocycles. The van der Waals surface area contributed by atoms with E-state index in [0.717, 1.165) is 16.7 Å². The maximum atomic E-state index is 13.1. The Morgan fingerprint density at radius 3 is 2.26 bits per heavy atom. The van der Waals surface area contributed by atoms with E-state index < -0.39 is 35.9 Å². The fourth-order valence-electron chi connectivity index (χ4n) is 2.74. The van der Waals surface area contributed by atoms with Crippen LogP contribution in [0.3, 0.4) is 0 Å². The van der Waals surface area contributed by atoms with E-state index in [9.17, 15) is 31.1 Å². The fourth-order valence-corrected chi connectivity index (χ4v) is 3.39. The first kappa shape index (κ1) is 23.2. The van der Waals surface area contributed by atoms with E-state index in [1.807, 2.05) is 0 Å². The number of hydrogen-bond acceptors (Lipinski definition) is 5. The average Bonchev–Trinajstić information content (AvgIpc) is 2.66. The molecule has 5 nitrogen and oxygen atoms in total. The van der Waals surface area contributed by atoms with E-state index >= 15 is 0 Å². The molecule has 2 heterocycles. The molecule has 3 rings (SSSR count). The van der Waals surface area contributed by atoms with Crippen LogP contribution in [0.25, 0.3) is 0 Å². The highest BCUT2D eigenvalue weighted by molar-refractivity contribution is 7.98. The molecule has 0 saturated carbocycles. The second kappa shape index (κ2) is 8.58. The van der Waals surface area contributed by atoms with E-state index in [1.165, 1.54) is 12.3 Å². The van der Waals surface area contributed by atoms with Crippen LogP contribution in [0.1, 0.15) is 27.0 Å². The quantitative estimate of drug-likeness (QED) is 0.252. The second-order valence-corrected chi connectivity index (χ2v) is 7.40. The highest BCUT2D eigenvalue weighted by atomic mass is 35.5. The van der Waals surface area contributed by atoms with Crippen LogP contribution in [-0.4, -0.2) is 33.6 Å². The first-order chi connectivity index (χ1) is 14.4. The van der Waals surface area contributed by atoms with Gasteiger partial charge in [0.05, 0.1) is 17.4 Å². The molecule has 1 aliphatic heterocycles. The number of rotatable bonds is 3. The van der Waals surface area contributed by atoms with Crippen molar-refractivity contribution in [1.29, 1.82) is 0 Å². The minimum atomic E-state index is -5.00. The lowest BCUT2D eigenvalue weighted by molar-refractivity contribution is -0.143. The molecule has 1 amide bonds. The lowest BCUT2D eigenvalue weighted by Crippen LogP contribution is -2.33. The van der Waals surface area contributed by atoms with E-state index in [-0.39, 0.29) is 39.9 Å². The maximum Gasteiger partial charge on any atom is 0.416 e. The summed E-state index contributed by atoms with van der Waals surface area (Å²) in [7, 11) is 0. The van der Waals surface area contributed by atoms with Gasteiger partial charge in [0, 0.05) is 13.1 Å². The van der Waals surface area contributed by atoms with Gasteiger partial charge in [-0.3, -0.25) is 4.79 Å². The second-order valence-electron chi connectivity index (χ2n) is 6.27. The monoisotopic (exact) mass is 483 g/mol. The van der Waals surface area contributed by atoms with Gasteiger partial charge in [0.25, 0.3) is 5.91 Å². The molecule has 1 aromatic carbocycles. The van der Waals surface area contributed by atoms with Crippen LogP contribution in [0.5, 0.6) is 5.88 Å². The molecule has 13 heteroatoms. The summed E-state index contributed by atoms with van der Waals surface area (Å²) in [6, 6.07) is 1.16. The molecule has 0 radical (unpaired) electrons. The van der Waals surface area contributed by atoms with Crippen LogP contribution in [0.2, 0.25) is 5.15 Å². The number of aromatic nitrogens is 2. The van der Waals surface area contributed by atoms with Crippen LogP contribution < -0.4 is 4.74 Å². The normalized spacial score (nSPS) is 15.7. The summed E-state index contributed by atoms with van der Waals surface area (Å²) in [6.45, 7) is -0.702. The molecule has 0 saturated heterocycles. The molecule has 166 valence electrons. The number of fused-ring (bicyclic) bond motifs is 1. The summed E-state index contributed by atoms with van der Waals surface area (Å²) in [5, 5.41) is -0.0376. The maximum absolute atomic E-state index is 13.1. The molecule has 1 aliphatic rings. The van der Waals surface area contributed by atoms with Crippen molar-refractivity contribution in [1.82, 2.24) is 14.9 Å². The SMILES string of the molecule is CSc1nc(Cl)c2c(n1)O/C=C\CN(Cc1cc(C(F)(F)F)cc(C(F)(F)F)c1)C2=O. The van der Waals surface area contributed by atoms with Crippen molar-refractivity contribution in [3.05, 3.63) is 57.9 Å². The van der Waals surface area contributed by atoms with Gasteiger partial charge in [-0.2, -0.15) is 31.3 Å². The molecule has 1 aromatic heterocycles. The number of carbonyl (C=O) groups is 1. The highest BCUT2D eigenvalue weighted by Gasteiger charge is 2.37. The largest absolute Gasteiger partial charge is 0.446 e. The fraction of sp³-hybridized carbons (Fsp3) is 0.278. The van der Waals surface area contributed by atoms with Gasteiger partial charge in [-0.25, -0.2) is 4.98 Å². The number of nitrogens with zero attached hydrogens (tertiary/aromatic N) is 3. The van der Waals surface area contributed by atoms with E-state index in [4.69, 9.17) is 16.3 Å². The van der Waals surface area contributed by atoms with Crippen molar-refractivity contribution in [2.24, 2.45) is 0 Å². The summed E-state index contributed by atoms with van der Waals surface area (Å²) in [5.41, 5.74) is -3.54. The Morgan fingerprint density at radius 1 is 1.10 bits per heavy atom. The number of carbonyl (C=O) groups excluding carboxylic acids is 1. The van der Waals surface area contributed by atoms with Crippen molar-refractivity contribution in [2.45, 2.75) is 24.1 Å². The number of halogens is 7. The molecular weight excluding hydrogens is 472 g/mol. The van der Waals surface area contributed by atoms with Crippen molar-refractivity contribution >= 4 is 29.3 Å². The van der Waals surface area contributed by atoms with Gasteiger partial charge in [-0.15, -0.1) is 0 Å².